The van der Waals surface area contributed by atoms with Crippen LogP contribution in [0.15, 0.2) is 58.3 Å². The lowest BCUT2D eigenvalue weighted by molar-refractivity contribution is -0.126. The third-order valence-electron chi connectivity index (χ3n) is 5.25. The molecule has 1 heterocycles. The Morgan fingerprint density at radius 2 is 1.74 bits per heavy atom. The van der Waals surface area contributed by atoms with Crippen LogP contribution in [0.1, 0.15) is 12.8 Å². The maximum Gasteiger partial charge on any atom is 0.243 e. The van der Waals surface area contributed by atoms with Crippen molar-refractivity contribution >= 4 is 27.7 Å². The van der Waals surface area contributed by atoms with Gasteiger partial charge in [-0.1, -0.05) is 12.1 Å². The molecule has 0 atom stereocenters. The molecule has 0 unspecified atom stereocenters. The molecule has 31 heavy (non-hydrogen) atoms. The highest BCUT2D eigenvalue weighted by Crippen LogP contribution is 2.26. The second-order valence-corrected chi connectivity index (χ2v) is 9.96. The molecular formula is C22H28N2O5S2. The minimum absolute atomic E-state index is 0.0648. The first-order valence-electron chi connectivity index (χ1n) is 10.1. The Kier molecular flexibility index (Phi) is 8.22. The second-order valence-electron chi connectivity index (χ2n) is 7.14. The number of carbonyl (C=O) groups is 1. The van der Waals surface area contributed by atoms with E-state index in [1.807, 2.05) is 42.7 Å². The van der Waals surface area contributed by atoms with Crippen LogP contribution in [-0.4, -0.2) is 58.2 Å². The number of hydrogen-bond donors (Lipinski definition) is 1. The van der Waals surface area contributed by atoms with Gasteiger partial charge in [0.1, 0.15) is 6.61 Å². The summed E-state index contributed by atoms with van der Waals surface area (Å²) in [6.45, 7) is 1.37. The molecule has 1 amide bonds. The van der Waals surface area contributed by atoms with Crippen LogP contribution in [0.3, 0.4) is 0 Å². The van der Waals surface area contributed by atoms with Gasteiger partial charge in [-0.2, -0.15) is 4.31 Å². The van der Waals surface area contributed by atoms with Gasteiger partial charge in [0.05, 0.1) is 18.6 Å². The number of rotatable bonds is 9. The Labute approximate surface area is 188 Å². The normalized spacial score (nSPS) is 15.4. The predicted octanol–water partition coefficient (Wildman–Crippen LogP) is 3.01. The fraction of sp³-hybridized carbons (Fsp3) is 0.409. The summed E-state index contributed by atoms with van der Waals surface area (Å²) in [6.07, 6.45) is 2.95. The van der Waals surface area contributed by atoms with Crippen molar-refractivity contribution in [1.82, 2.24) is 9.62 Å². The number of amides is 1. The lowest BCUT2D eigenvalue weighted by Crippen LogP contribution is -2.43. The molecule has 0 radical (unpaired) electrons. The molecule has 1 aliphatic rings. The molecule has 2 aromatic carbocycles. The Balaban J connectivity index is 1.45. The van der Waals surface area contributed by atoms with Crippen molar-refractivity contribution in [1.29, 1.82) is 0 Å². The number of methoxy groups -OCH3 is 1. The Morgan fingerprint density at radius 3 is 2.35 bits per heavy atom. The smallest absolute Gasteiger partial charge is 0.243 e. The molecule has 1 saturated heterocycles. The van der Waals surface area contributed by atoms with E-state index in [-0.39, 0.29) is 11.8 Å². The molecule has 168 valence electrons. The molecule has 0 aromatic heterocycles. The van der Waals surface area contributed by atoms with Crippen molar-refractivity contribution in [2.45, 2.75) is 22.6 Å². The number of piperidine rings is 1. The van der Waals surface area contributed by atoms with Crippen molar-refractivity contribution in [3.05, 3.63) is 48.5 Å². The largest absolute Gasteiger partial charge is 0.493 e. The van der Waals surface area contributed by atoms with Crippen LogP contribution in [0.5, 0.6) is 11.5 Å². The summed E-state index contributed by atoms with van der Waals surface area (Å²) >= 11 is 1.57. The molecule has 0 spiro atoms. The highest BCUT2D eigenvalue weighted by Gasteiger charge is 2.31. The van der Waals surface area contributed by atoms with Crippen LogP contribution in [0, 0.1) is 5.92 Å². The number of hydrogen-bond acceptors (Lipinski definition) is 6. The fourth-order valence-corrected chi connectivity index (χ4v) is 5.35. The summed E-state index contributed by atoms with van der Waals surface area (Å²) in [6, 6.07) is 14.2. The number of carbonyl (C=O) groups excluding carboxylic acids is 1. The zero-order valence-electron chi connectivity index (χ0n) is 17.7. The number of sulfonamides is 1. The zero-order valence-corrected chi connectivity index (χ0v) is 19.4. The van der Waals surface area contributed by atoms with E-state index < -0.39 is 10.0 Å². The SMILES string of the molecule is COc1ccccc1OCCNC(=O)C1CCN(S(=O)(=O)c2ccc(SC)cc2)CC1. The van der Waals surface area contributed by atoms with Crippen molar-refractivity contribution in [2.24, 2.45) is 5.92 Å². The molecule has 3 rings (SSSR count). The third kappa shape index (κ3) is 5.93. The molecule has 9 heteroatoms. The molecule has 1 fully saturated rings. The first kappa shape index (κ1) is 23.4. The second kappa shape index (κ2) is 10.9. The fourth-order valence-electron chi connectivity index (χ4n) is 3.47. The summed E-state index contributed by atoms with van der Waals surface area (Å²) in [5.41, 5.74) is 0. The topological polar surface area (TPSA) is 84.9 Å². The van der Waals surface area contributed by atoms with E-state index >= 15 is 0 Å². The van der Waals surface area contributed by atoms with Crippen LogP contribution in [0.4, 0.5) is 0 Å². The van der Waals surface area contributed by atoms with Gasteiger partial charge in [-0.05, 0) is 55.5 Å². The number of ether oxygens (including phenoxy) is 2. The number of thioether (sulfide) groups is 1. The Hall–Kier alpha value is -2.23. The summed E-state index contributed by atoms with van der Waals surface area (Å²) in [5.74, 6) is 1.01. The first-order valence-corrected chi connectivity index (χ1v) is 12.8. The molecule has 7 nitrogen and oxygen atoms in total. The number of benzene rings is 2. The molecule has 0 bridgehead atoms. The molecule has 2 aromatic rings. The van der Waals surface area contributed by atoms with Gasteiger partial charge in [-0.15, -0.1) is 11.8 Å². The van der Waals surface area contributed by atoms with E-state index in [4.69, 9.17) is 9.47 Å². The third-order valence-corrected chi connectivity index (χ3v) is 7.91. The van der Waals surface area contributed by atoms with Gasteiger partial charge >= 0.3 is 0 Å². The lowest BCUT2D eigenvalue weighted by Gasteiger charge is -2.30. The molecular weight excluding hydrogens is 436 g/mol. The van der Waals surface area contributed by atoms with Crippen LogP contribution in [0.2, 0.25) is 0 Å². The van der Waals surface area contributed by atoms with Crippen molar-refractivity contribution < 1.29 is 22.7 Å². The van der Waals surface area contributed by atoms with Gasteiger partial charge in [0.2, 0.25) is 15.9 Å². The van der Waals surface area contributed by atoms with E-state index in [1.54, 1.807) is 31.0 Å². The van der Waals surface area contributed by atoms with Crippen molar-refractivity contribution in [3.8, 4) is 11.5 Å². The maximum absolute atomic E-state index is 12.9. The van der Waals surface area contributed by atoms with Gasteiger partial charge in [-0.25, -0.2) is 8.42 Å². The average molecular weight is 465 g/mol. The minimum atomic E-state index is -3.53. The van der Waals surface area contributed by atoms with Crippen LogP contribution in [0.25, 0.3) is 0 Å². The zero-order chi connectivity index (χ0) is 22.3. The van der Waals surface area contributed by atoms with Gasteiger partial charge in [0.25, 0.3) is 0 Å². The van der Waals surface area contributed by atoms with E-state index in [1.165, 1.54) is 4.31 Å². The number of nitrogens with one attached hydrogen (secondary N) is 1. The number of para-hydroxylation sites is 2. The summed E-state index contributed by atoms with van der Waals surface area (Å²) in [4.78, 5) is 13.8. The summed E-state index contributed by atoms with van der Waals surface area (Å²) < 4.78 is 38.1. The molecule has 0 saturated carbocycles. The van der Waals surface area contributed by atoms with E-state index in [0.29, 0.717) is 55.5 Å². The van der Waals surface area contributed by atoms with Crippen molar-refractivity contribution in [3.63, 3.8) is 0 Å². The maximum atomic E-state index is 12.9. The quantitative estimate of drug-likeness (QED) is 0.454. The average Bonchev–Trinajstić information content (AvgIpc) is 2.82. The van der Waals surface area contributed by atoms with Crippen LogP contribution in [-0.2, 0) is 14.8 Å². The van der Waals surface area contributed by atoms with Gasteiger partial charge in [-0.3, -0.25) is 4.79 Å². The van der Waals surface area contributed by atoms with Gasteiger partial charge in [0, 0.05) is 23.9 Å². The van der Waals surface area contributed by atoms with E-state index in [0.717, 1.165) is 4.90 Å². The summed E-state index contributed by atoms with van der Waals surface area (Å²) in [7, 11) is -1.95. The van der Waals surface area contributed by atoms with Gasteiger partial charge < -0.3 is 14.8 Å². The monoisotopic (exact) mass is 464 g/mol. The highest BCUT2D eigenvalue weighted by atomic mass is 32.2. The highest BCUT2D eigenvalue weighted by molar-refractivity contribution is 7.98. The van der Waals surface area contributed by atoms with Gasteiger partial charge in [0.15, 0.2) is 11.5 Å². The molecule has 1 N–H and O–H groups in total. The van der Waals surface area contributed by atoms with Crippen LogP contribution < -0.4 is 14.8 Å². The standard InChI is InChI=1S/C22H28N2O5S2/c1-28-20-5-3-4-6-21(20)29-16-13-23-22(25)17-11-14-24(15-12-17)31(26,27)19-9-7-18(30-2)8-10-19/h3-10,17H,11-16H2,1-2H3,(H,23,25). The molecule has 1 aliphatic heterocycles. The Morgan fingerprint density at radius 1 is 1.10 bits per heavy atom. The van der Waals surface area contributed by atoms with E-state index in [2.05, 4.69) is 5.32 Å². The Bertz CT molecular complexity index is 972. The summed E-state index contributed by atoms with van der Waals surface area (Å²) in [5, 5.41) is 2.88. The van der Waals surface area contributed by atoms with Crippen molar-refractivity contribution in [2.75, 3.05) is 39.6 Å². The minimum Gasteiger partial charge on any atom is -0.493 e. The predicted molar refractivity (Wildman–Crippen MR) is 121 cm³/mol. The molecule has 0 aliphatic carbocycles. The lowest BCUT2D eigenvalue weighted by atomic mass is 9.97. The van der Waals surface area contributed by atoms with E-state index in [9.17, 15) is 13.2 Å². The first-order chi connectivity index (χ1) is 15.0. The van der Waals surface area contributed by atoms with Crippen LogP contribution >= 0.6 is 11.8 Å². The number of nitrogens with zero attached hydrogens (tertiary/aromatic N) is 1.